The summed E-state index contributed by atoms with van der Waals surface area (Å²) in [5.74, 6) is 1.01. The topological polar surface area (TPSA) is 24.5 Å². The number of nitrogens with zero attached hydrogens (tertiary/aromatic N) is 1. The minimum absolute atomic E-state index is 0.142. The van der Waals surface area contributed by atoms with Crippen molar-refractivity contribution in [2.45, 2.75) is 65.2 Å². The van der Waals surface area contributed by atoms with Crippen LogP contribution in [0.1, 0.15) is 51.7 Å². The van der Waals surface area contributed by atoms with Crippen molar-refractivity contribution in [1.29, 1.82) is 0 Å². The molecular weight excluding hydrogens is 260 g/mol. The van der Waals surface area contributed by atoms with E-state index in [0.29, 0.717) is 0 Å². The van der Waals surface area contributed by atoms with Gasteiger partial charge in [-0.05, 0) is 57.9 Å². The number of hydrogen-bond acceptors (Lipinski definition) is 3. The van der Waals surface area contributed by atoms with Gasteiger partial charge in [0.2, 0.25) is 0 Å². The number of rotatable bonds is 7. The molecule has 0 unspecified atom stereocenters. The van der Waals surface area contributed by atoms with Gasteiger partial charge in [0.1, 0.15) is 5.75 Å². The summed E-state index contributed by atoms with van der Waals surface area (Å²) in [6.07, 6.45) is 2.70. The van der Waals surface area contributed by atoms with E-state index in [9.17, 15) is 0 Å². The molecule has 0 bridgehead atoms. The highest BCUT2D eigenvalue weighted by Crippen LogP contribution is 2.30. The van der Waals surface area contributed by atoms with E-state index in [-0.39, 0.29) is 5.54 Å². The fourth-order valence-corrected chi connectivity index (χ4v) is 2.59. The Labute approximate surface area is 129 Å². The lowest BCUT2D eigenvalue weighted by atomic mass is 10.1. The second-order valence-electron chi connectivity index (χ2n) is 7.04. The van der Waals surface area contributed by atoms with E-state index in [0.717, 1.165) is 31.4 Å². The Hall–Kier alpha value is -1.06. The second-order valence-corrected chi connectivity index (χ2v) is 7.04. The zero-order valence-corrected chi connectivity index (χ0v) is 14.2. The van der Waals surface area contributed by atoms with E-state index in [1.165, 1.54) is 24.0 Å². The van der Waals surface area contributed by atoms with Crippen LogP contribution in [0.5, 0.6) is 5.75 Å². The van der Waals surface area contributed by atoms with Gasteiger partial charge in [-0.15, -0.1) is 0 Å². The normalized spacial score (nSPS) is 15.5. The SMILES string of the molecule is CCN(Cc1cc(CNC(C)(C)C)ccc1OC)C1CC1. The van der Waals surface area contributed by atoms with Gasteiger partial charge in [-0.25, -0.2) is 0 Å². The molecule has 1 aromatic rings. The summed E-state index contributed by atoms with van der Waals surface area (Å²) in [5.41, 5.74) is 2.77. The Morgan fingerprint density at radius 3 is 2.52 bits per heavy atom. The van der Waals surface area contributed by atoms with Crippen molar-refractivity contribution in [2.75, 3.05) is 13.7 Å². The van der Waals surface area contributed by atoms with E-state index in [1.807, 2.05) is 0 Å². The summed E-state index contributed by atoms with van der Waals surface area (Å²) < 4.78 is 5.54. The maximum atomic E-state index is 5.54. The van der Waals surface area contributed by atoms with Crippen LogP contribution < -0.4 is 10.1 Å². The van der Waals surface area contributed by atoms with Crippen molar-refractivity contribution in [1.82, 2.24) is 10.2 Å². The van der Waals surface area contributed by atoms with Crippen LogP contribution in [-0.4, -0.2) is 30.1 Å². The summed E-state index contributed by atoms with van der Waals surface area (Å²) in [7, 11) is 1.76. The van der Waals surface area contributed by atoms with Crippen LogP contribution in [-0.2, 0) is 13.1 Å². The molecule has 0 heterocycles. The van der Waals surface area contributed by atoms with E-state index in [2.05, 4.69) is 56.1 Å². The largest absolute Gasteiger partial charge is 0.496 e. The predicted octanol–water partition coefficient (Wildman–Crippen LogP) is 3.57. The van der Waals surface area contributed by atoms with Crippen LogP contribution in [0.15, 0.2) is 18.2 Å². The van der Waals surface area contributed by atoms with Crippen LogP contribution in [0.3, 0.4) is 0 Å². The Bertz CT molecular complexity index is 461. The zero-order valence-electron chi connectivity index (χ0n) is 14.2. The number of ether oxygens (including phenoxy) is 1. The van der Waals surface area contributed by atoms with E-state index in [1.54, 1.807) is 7.11 Å². The molecule has 1 aliphatic rings. The highest BCUT2D eigenvalue weighted by atomic mass is 16.5. The van der Waals surface area contributed by atoms with Crippen LogP contribution >= 0.6 is 0 Å². The first kappa shape index (κ1) is 16.3. The average molecular weight is 290 g/mol. The zero-order chi connectivity index (χ0) is 15.5. The van der Waals surface area contributed by atoms with Crippen LogP contribution in [0.4, 0.5) is 0 Å². The first-order chi connectivity index (χ1) is 9.93. The number of methoxy groups -OCH3 is 1. The molecule has 1 N–H and O–H groups in total. The number of hydrogen-bond donors (Lipinski definition) is 1. The summed E-state index contributed by atoms with van der Waals surface area (Å²) >= 11 is 0. The molecule has 0 aliphatic heterocycles. The average Bonchev–Trinajstić information content (AvgIpc) is 3.26. The molecule has 0 radical (unpaired) electrons. The molecule has 3 nitrogen and oxygen atoms in total. The molecule has 1 saturated carbocycles. The molecule has 1 aromatic carbocycles. The number of benzene rings is 1. The Morgan fingerprint density at radius 2 is 2.00 bits per heavy atom. The first-order valence-corrected chi connectivity index (χ1v) is 8.08. The van der Waals surface area contributed by atoms with Gasteiger partial charge in [-0.1, -0.05) is 13.0 Å². The minimum Gasteiger partial charge on any atom is -0.496 e. The monoisotopic (exact) mass is 290 g/mol. The summed E-state index contributed by atoms with van der Waals surface area (Å²) in [6, 6.07) is 7.35. The van der Waals surface area contributed by atoms with Crippen molar-refractivity contribution in [3.05, 3.63) is 29.3 Å². The third-order valence-electron chi connectivity index (χ3n) is 4.01. The molecule has 1 aliphatic carbocycles. The molecule has 0 amide bonds. The van der Waals surface area contributed by atoms with Gasteiger partial charge in [0.05, 0.1) is 7.11 Å². The van der Waals surface area contributed by atoms with Gasteiger partial charge in [0.25, 0.3) is 0 Å². The third-order valence-corrected chi connectivity index (χ3v) is 4.01. The van der Waals surface area contributed by atoms with Gasteiger partial charge in [-0.2, -0.15) is 0 Å². The van der Waals surface area contributed by atoms with Crippen molar-refractivity contribution in [2.24, 2.45) is 0 Å². The van der Waals surface area contributed by atoms with E-state index < -0.39 is 0 Å². The van der Waals surface area contributed by atoms with Crippen LogP contribution in [0.25, 0.3) is 0 Å². The fourth-order valence-electron chi connectivity index (χ4n) is 2.59. The lowest BCUT2D eigenvalue weighted by Gasteiger charge is -2.23. The van der Waals surface area contributed by atoms with Gasteiger partial charge in [0, 0.05) is 30.2 Å². The fraction of sp³-hybridized carbons (Fsp3) is 0.667. The lowest BCUT2D eigenvalue weighted by molar-refractivity contribution is 0.264. The molecule has 118 valence electrons. The standard InChI is InChI=1S/C18H30N2O/c1-6-20(16-8-9-16)13-15-11-14(7-10-17(15)21-5)12-19-18(2,3)4/h7,10-11,16,19H,6,8-9,12-13H2,1-5H3. The molecule has 1 fully saturated rings. The van der Waals surface area contributed by atoms with Crippen molar-refractivity contribution in [3.8, 4) is 5.75 Å². The summed E-state index contributed by atoms with van der Waals surface area (Å²) in [5, 5.41) is 3.55. The third kappa shape index (κ3) is 5.01. The van der Waals surface area contributed by atoms with Crippen LogP contribution in [0.2, 0.25) is 0 Å². The van der Waals surface area contributed by atoms with E-state index >= 15 is 0 Å². The molecule has 0 saturated heterocycles. The maximum Gasteiger partial charge on any atom is 0.123 e. The summed E-state index contributed by atoms with van der Waals surface area (Å²) in [6.45, 7) is 11.8. The summed E-state index contributed by atoms with van der Waals surface area (Å²) in [4.78, 5) is 2.55. The van der Waals surface area contributed by atoms with E-state index in [4.69, 9.17) is 4.74 Å². The first-order valence-electron chi connectivity index (χ1n) is 8.08. The predicted molar refractivity (Wildman–Crippen MR) is 88.7 cm³/mol. The number of nitrogens with one attached hydrogen (secondary N) is 1. The Balaban J connectivity index is 2.09. The molecule has 3 heteroatoms. The molecule has 21 heavy (non-hydrogen) atoms. The Kier molecular flexibility index (Phi) is 5.28. The van der Waals surface area contributed by atoms with Gasteiger partial charge >= 0.3 is 0 Å². The smallest absolute Gasteiger partial charge is 0.123 e. The second kappa shape index (κ2) is 6.80. The van der Waals surface area contributed by atoms with Gasteiger partial charge in [-0.3, -0.25) is 4.90 Å². The van der Waals surface area contributed by atoms with Crippen molar-refractivity contribution in [3.63, 3.8) is 0 Å². The molecule has 2 rings (SSSR count). The van der Waals surface area contributed by atoms with Crippen molar-refractivity contribution < 1.29 is 4.74 Å². The Morgan fingerprint density at radius 1 is 1.29 bits per heavy atom. The van der Waals surface area contributed by atoms with Gasteiger partial charge < -0.3 is 10.1 Å². The molecule has 0 atom stereocenters. The van der Waals surface area contributed by atoms with Crippen molar-refractivity contribution >= 4 is 0 Å². The van der Waals surface area contributed by atoms with Crippen LogP contribution in [0, 0.1) is 0 Å². The highest BCUT2D eigenvalue weighted by molar-refractivity contribution is 5.37. The molecule has 0 aromatic heterocycles. The highest BCUT2D eigenvalue weighted by Gasteiger charge is 2.28. The lowest BCUT2D eigenvalue weighted by Crippen LogP contribution is -2.35. The maximum absolute atomic E-state index is 5.54. The van der Waals surface area contributed by atoms with Gasteiger partial charge in [0.15, 0.2) is 0 Å². The molecule has 0 spiro atoms. The quantitative estimate of drug-likeness (QED) is 0.831. The minimum atomic E-state index is 0.142. The molecular formula is C18H30N2O.